The molecule has 0 saturated heterocycles. The quantitative estimate of drug-likeness (QED) is 0.273. The fourth-order valence-corrected chi connectivity index (χ4v) is 5.77. The molecule has 1 aliphatic carbocycles. The first kappa shape index (κ1) is 29.3. The number of hydrogen-bond acceptors (Lipinski definition) is 7. The number of aromatic nitrogens is 3. The molecule has 9 nitrogen and oxygen atoms in total. The van der Waals surface area contributed by atoms with Crippen molar-refractivity contribution in [2.45, 2.75) is 37.6 Å². The molecule has 1 saturated carbocycles. The number of aliphatic hydroxyl groups excluding tert-OH is 1. The highest BCUT2D eigenvalue weighted by Gasteiger charge is 2.56. The second kappa shape index (κ2) is 10.7. The number of benzene rings is 2. The van der Waals surface area contributed by atoms with Gasteiger partial charge in [0.2, 0.25) is 5.88 Å². The Morgan fingerprint density at radius 3 is 2.44 bits per heavy atom. The lowest BCUT2D eigenvalue weighted by atomic mass is 9.85. The summed E-state index contributed by atoms with van der Waals surface area (Å²) in [6.07, 6.45) is 6.23. The van der Waals surface area contributed by atoms with Crippen LogP contribution >= 0.6 is 11.6 Å². The zero-order chi connectivity index (χ0) is 30.6. The van der Waals surface area contributed by atoms with E-state index in [4.69, 9.17) is 21.1 Å². The Balaban J connectivity index is 1.55. The molecule has 6 rings (SSSR count). The molecule has 43 heavy (non-hydrogen) atoms. The summed E-state index contributed by atoms with van der Waals surface area (Å²) >= 11 is 6.25. The number of rotatable bonds is 10. The standard InChI is InChI=1S/C32H32ClFN4O5/c1-30(41,23-15-36-37(2)17-23)22-12-25-28(26(34)13-22)32(21-5-7-24(33)8-6-21,43-19-31(18-39)10-11-31)38(29(25)40)16-20-4-9-27(42-3)35-14-20/h4-9,12-15,17,39,41H,10-11,16,18-19H2,1-3H3/t30?,32-/m1/s1. The predicted molar refractivity (Wildman–Crippen MR) is 156 cm³/mol. The fourth-order valence-electron chi connectivity index (χ4n) is 5.65. The van der Waals surface area contributed by atoms with E-state index in [2.05, 4.69) is 10.1 Å². The van der Waals surface area contributed by atoms with Crippen molar-refractivity contribution in [3.63, 3.8) is 0 Å². The number of hydrogen-bond donors (Lipinski definition) is 2. The van der Waals surface area contributed by atoms with Crippen LogP contribution in [0.2, 0.25) is 5.02 Å². The minimum absolute atomic E-state index is 0.0209. The van der Waals surface area contributed by atoms with Crippen LogP contribution in [0.25, 0.3) is 0 Å². The van der Waals surface area contributed by atoms with Crippen molar-refractivity contribution in [3.05, 3.63) is 111 Å². The van der Waals surface area contributed by atoms with E-state index in [1.807, 2.05) is 0 Å². The van der Waals surface area contributed by atoms with Crippen LogP contribution in [0, 0.1) is 11.2 Å². The topological polar surface area (TPSA) is 110 Å². The van der Waals surface area contributed by atoms with E-state index in [0.29, 0.717) is 27.6 Å². The van der Waals surface area contributed by atoms with Gasteiger partial charge < -0.3 is 19.7 Å². The Labute approximate surface area is 253 Å². The van der Waals surface area contributed by atoms with Gasteiger partial charge in [-0.1, -0.05) is 29.8 Å². The number of nitrogens with zero attached hydrogens (tertiary/aromatic N) is 4. The number of carbonyl (C=O) groups is 1. The van der Waals surface area contributed by atoms with Gasteiger partial charge in [-0.25, -0.2) is 9.37 Å². The lowest BCUT2D eigenvalue weighted by molar-refractivity contribution is -0.130. The monoisotopic (exact) mass is 606 g/mol. The van der Waals surface area contributed by atoms with E-state index in [9.17, 15) is 15.0 Å². The number of halogens is 2. The van der Waals surface area contributed by atoms with Crippen LogP contribution in [0.1, 0.15) is 57.9 Å². The molecule has 1 amide bonds. The maximum atomic E-state index is 16.7. The molecular formula is C32H32ClFN4O5. The van der Waals surface area contributed by atoms with Crippen molar-refractivity contribution in [3.8, 4) is 5.88 Å². The molecule has 0 radical (unpaired) electrons. The van der Waals surface area contributed by atoms with E-state index >= 15 is 4.39 Å². The molecule has 0 spiro atoms. The number of pyridine rings is 1. The Kier molecular flexibility index (Phi) is 7.29. The van der Waals surface area contributed by atoms with Gasteiger partial charge in [-0.2, -0.15) is 5.10 Å². The first-order valence-electron chi connectivity index (χ1n) is 13.9. The summed E-state index contributed by atoms with van der Waals surface area (Å²) in [5.41, 5.74) is -1.94. The highest BCUT2D eigenvalue weighted by atomic mass is 35.5. The van der Waals surface area contributed by atoms with Crippen molar-refractivity contribution in [1.29, 1.82) is 0 Å². The number of aryl methyl sites for hydroxylation is 1. The number of aliphatic hydroxyl groups is 2. The molecular weight excluding hydrogens is 575 g/mol. The van der Waals surface area contributed by atoms with Gasteiger partial charge in [-0.15, -0.1) is 0 Å². The van der Waals surface area contributed by atoms with Crippen LogP contribution in [-0.2, 0) is 29.7 Å². The van der Waals surface area contributed by atoms with Gasteiger partial charge in [0.25, 0.3) is 5.91 Å². The van der Waals surface area contributed by atoms with E-state index in [1.54, 1.807) is 55.8 Å². The van der Waals surface area contributed by atoms with E-state index in [1.165, 1.54) is 41.9 Å². The minimum atomic E-state index is -1.70. The lowest BCUT2D eigenvalue weighted by Crippen LogP contribution is -2.48. The van der Waals surface area contributed by atoms with Crippen molar-refractivity contribution in [2.75, 3.05) is 20.3 Å². The normalized spacial score (nSPS) is 20.2. The van der Waals surface area contributed by atoms with Gasteiger partial charge in [-0.3, -0.25) is 14.4 Å². The maximum absolute atomic E-state index is 16.7. The fraction of sp³-hybridized carbons (Fsp3) is 0.344. The number of ether oxygens (including phenoxy) is 2. The Bertz CT molecular complexity index is 1670. The van der Waals surface area contributed by atoms with E-state index in [-0.39, 0.29) is 36.4 Å². The number of fused-ring (bicyclic) bond motifs is 1. The van der Waals surface area contributed by atoms with Crippen molar-refractivity contribution >= 4 is 17.5 Å². The van der Waals surface area contributed by atoms with Crippen molar-refractivity contribution in [2.24, 2.45) is 12.5 Å². The Morgan fingerprint density at radius 1 is 1.12 bits per heavy atom. The van der Waals surface area contributed by atoms with Gasteiger partial charge >= 0.3 is 0 Å². The molecule has 1 fully saturated rings. The van der Waals surface area contributed by atoms with Crippen LogP contribution in [0.3, 0.4) is 0 Å². The summed E-state index contributed by atoms with van der Waals surface area (Å²) < 4.78 is 30.1. The smallest absolute Gasteiger partial charge is 0.257 e. The molecule has 2 N–H and O–H groups in total. The van der Waals surface area contributed by atoms with Crippen molar-refractivity contribution < 1.29 is 28.9 Å². The SMILES string of the molecule is COc1ccc(CN2C(=O)c3cc(C(C)(O)c4cnn(C)c4)cc(F)c3[C@]2(OCC2(CO)CC2)c2ccc(Cl)cc2)cn1. The summed E-state index contributed by atoms with van der Waals surface area (Å²) in [6.45, 7) is 1.55. The van der Waals surface area contributed by atoms with Gasteiger partial charge in [0, 0.05) is 47.1 Å². The van der Waals surface area contributed by atoms with Crippen LogP contribution in [-0.4, -0.2) is 56.1 Å². The summed E-state index contributed by atoms with van der Waals surface area (Å²) in [6, 6.07) is 13.0. The summed E-state index contributed by atoms with van der Waals surface area (Å²) in [5.74, 6) is -0.798. The van der Waals surface area contributed by atoms with Gasteiger partial charge in [0.15, 0.2) is 5.72 Å². The molecule has 2 aliphatic rings. The molecule has 11 heteroatoms. The molecule has 3 heterocycles. The Morgan fingerprint density at radius 2 is 1.86 bits per heavy atom. The summed E-state index contributed by atoms with van der Waals surface area (Å²) in [4.78, 5) is 20.2. The predicted octanol–water partition coefficient (Wildman–Crippen LogP) is 4.52. The van der Waals surface area contributed by atoms with Crippen molar-refractivity contribution in [1.82, 2.24) is 19.7 Å². The molecule has 1 unspecified atom stereocenters. The Hall–Kier alpha value is -3.83. The van der Waals surface area contributed by atoms with Crippen LogP contribution in [0.5, 0.6) is 5.88 Å². The number of amides is 1. The largest absolute Gasteiger partial charge is 0.481 e. The summed E-state index contributed by atoms with van der Waals surface area (Å²) in [7, 11) is 3.23. The summed E-state index contributed by atoms with van der Waals surface area (Å²) in [5, 5.41) is 26.3. The first-order valence-corrected chi connectivity index (χ1v) is 14.3. The van der Waals surface area contributed by atoms with Gasteiger partial charge in [0.1, 0.15) is 11.4 Å². The number of carbonyl (C=O) groups excluding carboxylic acids is 1. The minimum Gasteiger partial charge on any atom is -0.481 e. The first-order chi connectivity index (χ1) is 20.5. The third kappa shape index (κ3) is 4.98. The molecule has 224 valence electrons. The molecule has 2 aromatic carbocycles. The molecule has 0 bridgehead atoms. The lowest BCUT2D eigenvalue weighted by Gasteiger charge is -2.40. The molecule has 1 aliphatic heterocycles. The second-order valence-electron chi connectivity index (χ2n) is 11.6. The van der Waals surface area contributed by atoms with E-state index in [0.717, 1.165) is 12.8 Å². The van der Waals surface area contributed by atoms with Gasteiger partial charge in [-0.05, 0) is 55.2 Å². The highest BCUT2D eigenvalue weighted by molar-refractivity contribution is 6.30. The van der Waals surface area contributed by atoms with Crippen LogP contribution in [0.4, 0.5) is 4.39 Å². The highest BCUT2D eigenvalue weighted by Crippen LogP contribution is 2.52. The van der Waals surface area contributed by atoms with E-state index < -0.39 is 28.5 Å². The third-order valence-corrected chi connectivity index (χ3v) is 8.83. The second-order valence-corrected chi connectivity index (χ2v) is 12.0. The van der Waals surface area contributed by atoms with Crippen LogP contribution < -0.4 is 4.74 Å². The average Bonchev–Trinajstić information content (AvgIpc) is 3.59. The third-order valence-electron chi connectivity index (χ3n) is 8.58. The zero-order valence-electron chi connectivity index (χ0n) is 24.1. The van der Waals surface area contributed by atoms with Gasteiger partial charge in [0.05, 0.1) is 44.2 Å². The molecule has 2 aromatic heterocycles. The molecule has 4 aromatic rings. The zero-order valence-corrected chi connectivity index (χ0v) is 24.8. The molecule has 2 atom stereocenters. The average molecular weight is 607 g/mol. The number of methoxy groups -OCH3 is 1. The maximum Gasteiger partial charge on any atom is 0.257 e. The van der Waals surface area contributed by atoms with Crippen LogP contribution in [0.15, 0.2) is 67.1 Å².